The van der Waals surface area contributed by atoms with Crippen LogP contribution in [0.5, 0.6) is 0 Å². The summed E-state index contributed by atoms with van der Waals surface area (Å²) in [5.74, 6) is -0.990. The quantitative estimate of drug-likeness (QED) is 0.723. The van der Waals surface area contributed by atoms with E-state index in [4.69, 9.17) is 5.73 Å². The van der Waals surface area contributed by atoms with Gasteiger partial charge in [-0.1, -0.05) is 30.3 Å². The standard InChI is InChI=1S/C17H16N2O2/c1-11-9-19(15-8-3-2-6-13(11)15)10-12-5-4-7-14(18)16(12)17(20)21/h2-9H,10,18H2,1H3,(H,20,21). The number of aromatic nitrogens is 1. The maximum absolute atomic E-state index is 11.4. The number of nitrogen functional groups attached to an aromatic ring is 1. The highest BCUT2D eigenvalue weighted by Crippen LogP contribution is 2.24. The zero-order valence-electron chi connectivity index (χ0n) is 11.7. The van der Waals surface area contributed by atoms with Crippen molar-refractivity contribution in [2.24, 2.45) is 0 Å². The van der Waals surface area contributed by atoms with Crippen LogP contribution in [0.25, 0.3) is 10.9 Å². The van der Waals surface area contributed by atoms with Crippen LogP contribution >= 0.6 is 0 Å². The van der Waals surface area contributed by atoms with Crippen LogP contribution in [-0.4, -0.2) is 15.6 Å². The van der Waals surface area contributed by atoms with Gasteiger partial charge in [-0.25, -0.2) is 4.79 Å². The molecule has 0 spiro atoms. The van der Waals surface area contributed by atoms with Gasteiger partial charge in [0.05, 0.1) is 5.56 Å². The van der Waals surface area contributed by atoms with Gasteiger partial charge in [0.2, 0.25) is 0 Å². The van der Waals surface area contributed by atoms with Crippen LogP contribution in [0.3, 0.4) is 0 Å². The molecule has 0 aliphatic carbocycles. The summed E-state index contributed by atoms with van der Waals surface area (Å²) in [5, 5.41) is 10.5. The van der Waals surface area contributed by atoms with Gasteiger partial charge in [-0.3, -0.25) is 0 Å². The Bertz CT molecular complexity index is 834. The molecule has 0 fully saturated rings. The molecule has 0 aliphatic heterocycles. The molecule has 106 valence electrons. The molecule has 0 bridgehead atoms. The fourth-order valence-electron chi connectivity index (χ4n) is 2.76. The summed E-state index contributed by atoms with van der Waals surface area (Å²) in [6, 6.07) is 13.3. The molecule has 21 heavy (non-hydrogen) atoms. The molecule has 2 aromatic carbocycles. The Hall–Kier alpha value is -2.75. The largest absolute Gasteiger partial charge is 0.478 e. The molecule has 3 rings (SSSR count). The maximum atomic E-state index is 11.4. The number of carboxylic acid groups (broad SMARTS) is 1. The van der Waals surface area contributed by atoms with Gasteiger partial charge in [0.25, 0.3) is 0 Å². The lowest BCUT2D eigenvalue weighted by Crippen LogP contribution is -2.09. The van der Waals surface area contributed by atoms with E-state index in [-0.39, 0.29) is 5.56 Å². The lowest BCUT2D eigenvalue weighted by molar-refractivity contribution is 0.0697. The first-order chi connectivity index (χ1) is 10.1. The normalized spacial score (nSPS) is 10.9. The minimum Gasteiger partial charge on any atom is -0.478 e. The van der Waals surface area contributed by atoms with E-state index in [9.17, 15) is 9.90 Å². The number of fused-ring (bicyclic) bond motifs is 1. The number of aromatic carboxylic acids is 1. The van der Waals surface area contributed by atoms with Gasteiger partial charge in [-0.05, 0) is 30.2 Å². The van der Waals surface area contributed by atoms with Crippen LogP contribution in [0.15, 0.2) is 48.7 Å². The van der Waals surface area contributed by atoms with Gasteiger partial charge in [0, 0.05) is 29.3 Å². The Morgan fingerprint density at radius 1 is 1.19 bits per heavy atom. The number of para-hydroxylation sites is 1. The Morgan fingerprint density at radius 2 is 1.95 bits per heavy atom. The molecule has 3 aromatic rings. The number of aryl methyl sites for hydroxylation is 1. The summed E-state index contributed by atoms with van der Waals surface area (Å²) in [6.07, 6.45) is 2.04. The number of benzene rings is 2. The molecule has 0 unspecified atom stereocenters. The Balaban J connectivity index is 2.12. The number of carboxylic acids is 1. The SMILES string of the molecule is Cc1cn(Cc2cccc(N)c2C(=O)O)c2ccccc12. The first-order valence-corrected chi connectivity index (χ1v) is 6.73. The minimum absolute atomic E-state index is 0.188. The highest BCUT2D eigenvalue weighted by molar-refractivity contribution is 5.95. The van der Waals surface area contributed by atoms with Crippen molar-refractivity contribution in [3.8, 4) is 0 Å². The number of anilines is 1. The topological polar surface area (TPSA) is 68.2 Å². The van der Waals surface area contributed by atoms with Gasteiger partial charge in [-0.2, -0.15) is 0 Å². The predicted octanol–water partition coefficient (Wildman–Crippen LogP) is 3.28. The van der Waals surface area contributed by atoms with Gasteiger partial charge in [0.1, 0.15) is 0 Å². The summed E-state index contributed by atoms with van der Waals surface area (Å²) in [4.78, 5) is 11.4. The van der Waals surface area contributed by atoms with Gasteiger partial charge < -0.3 is 15.4 Å². The predicted molar refractivity (Wildman–Crippen MR) is 83.6 cm³/mol. The number of carbonyl (C=O) groups is 1. The maximum Gasteiger partial charge on any atom is 0.338 e. The van der Waals surface area contributed by atoms with Gasteiger partial charge >= 0.3 is 5.97 Å². The second kappa shape index (κ2) is 4.98. The lowest BCUT2D eigenvalue weighted by Gasteiger charge is -2.10. The van der Waals surface area contributed by atoms with Gasteiger partial charge in [0.15, 0.2) is 0 Å². The summed E-state index contributed by atoms with van der Waals surface area (Å²) >= 11 is 0. The van der Waals surface area contributed by atoms with Crippen LogP contribution in [-0.2, 0) is 6.54 Å². The third kappa shape index (κ3) is 2.25. The molecular formula is C17H16N2O2. The van der Waals surface area contributed by atoms with Crippen molar-refractivity contribution in [3.05, 3.63) is 65.4 Å². The second-order valence-electron chi connectivity index (χ2n) is 5.14. The first-order valence-electron chi connectivity index (χ1n) is 6.73. The van der Waals surface area contributed by atoms with Crippen molar-refractivity contribution in [2.75, 3.05) is 5.73 Å². The van der Waals surface area contributed by atoms with Crippen LogP contribution in [0.1, 0.15) is 21.5 Å². The summed E-state index contributed by atoms with van der Waals surface area (Å²) in [6.45, 7) is 2.54. The van der Waals surface area contributed by atoms with E-state index in [0.717, 1.165) is 5.52 Å². The number of nitrogens with zero attached hydrogens (tertiary/aromatic N) is 1. The fourth-order valence-corrected chi connectivity index (χ4v) is 2.76. The zero-order chi connectivity index (χ0) is 15.0. The molecule has 0 radical (unpaired) electrons. The second-order valence-corrected chi connectivity index (χ2v) is 5.14. The van der Waals surface area contributed by atoms with E-state index in [2.05, 4.69) is 17.6 Å². The summed E-state index contributed by atoms with van der Waals surface area (Å²) < 4.78 is 2.06. The Morgan fingerprint density at radius 3 is 2.71 bits per heavy atom. The van der Waals surface area contributed by atoms with E-state index in [0.29, 0.717) is 17.8 Å². The van der Waals surface area contributed by atoms with E-state index < -0.39 is 5.97 Å². The molecule has 0 amide bonds. The highest BCUT2D eigenvalue weighted by atomic mass is 16.4. The summed E-state index contributed by atoms with van der Waals surface area (Å²) in [7, 11) is 0. The molecule has 4 heteroatoms. The first kappa shape index (κ1) is 13.2. The van der Waals surface area contributed by atoms with E-state index in [1.54, 1.807) is 12.1 Å². The van der Waals surface area contributed by atoms with Crippen LogP contribution in [0.4, 0.5) is 5.69 Å². The molecule has 0 aliphatic rings. The van der Waals surface area contributed by atoms with Crippen molar-refractivity contribution < 1.29 is 9.90 Å². The third-order valence-electron chi connectivity index (χ3n) is 3.73. The van der Waals surface area contributed by atoms with Crippen molar-refractivity contribution in [2.45, 2.75) is 13.5 Å². The number of hydrogen-bond acceptors (Lipinski definition) is 2. The molecule has 0 atom stereocenters. The van der Waals surface area contributed by atoms with E-state index in [1.165, 1.54) is 10.9 Å². The smallest absolute Gasteiger partial charge is 0.338 e. The number of hydrogen-bond donors (Lipinski definition) is 2. The minimum atomic E-state index is -0.990. The number of rotatable bonds is 3. The molecular weight excluding hydrogens is 264 g/mol. The monoisotopic (exact) mass is 280 g/mol. The van der Waals surface area contributed by atoms with E-state index >= 15 is 0 Å². The number of nitrogens with two attached hydrogens (primary N) is 1. The van der Waals surface area contributed by atoms with Crippen molar-refractivity contribution in [1.29, 1.82) is 0 Å². The highest BCUT2D eigenvalue weighted by Gasteiger charge is 2.15. The Kier molecular flexibility index (Phi) is 3.14. The average molecular weight is 280 g/mol. The molecule has 1 aromatic heterocycles. The van der Waals surface area contributed by atoms with Crippen molar-refractivity contribution in [1.82, 2.24) is 4.57 Å². The molecule has 3 N–H and O–H groups in total. The lowest BCUT2D eigenvalue weighted by atomic mass is 10.1. The molecule has 0 saturated carbocycles. The van der Waals surface area contributed by atoms with Gasteiger partial charge in [-0.15, -0.1) is 0 Å². The molecule has 1 heterocycles. The van der Waals surface area contributed by atoms with Crippen molar-refractivity contribution >= 4 is 22.6 Å². The summed E-state index contributed by atoms with van der Waals surface area (Å²) in [5.41, 5.74) is 9.27. The van der Waals surface area contributed by atoms with E-state index in [1.807, 2.05) is 30.5 Å². The van der Waals surface area contributed by atoms with Crippen LogP contribution in [0, 0.1) is 6.92 Å². The average Bonchev–Trinajstić information content (AvgIpc) is 2.76. The fraction of sp³-hybridized carbons (Fsp3) is 0.118. The zero-order valence-corrected chi connectivity index (χ0v) is 11.7. The van der Waals surface area contributed by atoms with Crippen LogP contribution < -0.4 is 5.73 Å². The van der Waals surface area contributed by atoms with Crippen LogP contribution in [0.2, 0.25) is 0 Å². The molecule has 0 saturated heterocycles. The Labute approximate surface area is 122 Å². The van der Waals surface area contributed by atoms with Crippen molar-refractivity contribution in [3.63, 3.8) is 0 Å². The third-order valence-corrected chi connectivity index (χ3v) is 3.73. The molecule has 4 nitrogen and oxygen atoms in total.